The van der Waals surface area contributed by atoms with Crippen LogP contribution in [0.5, 0.6) is 5.88 Å². The van der Waals surface area contributed by atoms with Crippen molar-refractivity contribution >= 4 is 5.82 Å². The Hall–Kier alpha value is -1.32. The zero-order valence-corrected chi connectivity index (χ0v) is 7.96. The van der Waals surface area contributed by atoms with E-state index in [-0.39, 0.29) is 0 Å². The molecule has 0 aliphatic heterocycles. The van der Waals surface area contributed by atoms with Crippen LogP contribution in [0, 0.1) is 0 Å². The van der Waals surface area contributed by atoms with Crippen LogP contribution in [-0.2, 0) is 0 Å². The highest BCUT2D eigenvalue weighted by Gasteiger charge is 1.91. The molecule has 12 heavy (non-hydrogen) atoms. The summed E-state index contributed by atoms with van der Waals surface area (Å²) in [5.74, 6) is 1.26. The SMILES string of the molecule is CC.CNc1ccc(OC)nn1. The number of ether oxygens (including phenoxy) is 1. The van der Waals surface area contributed by atoms with Crippen molar-refractivity contribution in [3.05, 3.63) is 12.1 Å². The average molecular weight is 169 g/mol. The smallest absolute Gasteiger partial charge is 0.233 e. The third-order valence-electron chi connectivity index (χ3n) is 1.11. The molecule has 0 atom stereocenters. The molecule has 4 nitrogen and oxygen atoms in total. The number of methoxy groups -OCH3 is 1. The molecule has 1 N–H and O–H groups in total. The maximum Gasteiger partial charge on any atom is 0.233 e. The number of aromatic nitrogens is 2. The van der Waals surface area contributed by atoms with E-state index in [4.69, 9.17) is 4.74 Å². The van der Waals surface area contributed by atoms with Gasteiger partial charge in [0, 0.05) is 13.1 Å². The lowest BCUT2D eigenvalue weighted by molar-refractivity contribution is 0.392. The molecule has 0 saturated heterocycles. The lowest BCUT2D eigenvalue weighted by Crippen LogP contribution is -1.95. The van der Waals surface area contributed by atoms with Crippen LogP contribution in [-0.4, -0.2) is 24.4 Å². The minimum Gasteiger partial charge on any atom is -0.480 e. The number of hydrogen-bond donors (Lipinski definition) is 1. The number of rotatable bonds is 2. The first-order valence-corrected chi connectivity index (χ1v) is 3.92. The van der Waals surface area contributed by atoms with Crippen LogP contribution in [0.15, 0.2) is 12.1 Å². The molecule has 1 heterocycles. The summed E-state index contributed by atoms with van der Waals surface area (Å²) in [5.41, 5.74) is 0. The Morgan fingerprint density at radius 3 is 2.25 bits per heavy atom. The van der Waals surface area contributed by atoms with E-state index in [2.05, 4.69) is 15.5 Å². The van der Waals surface area contributed by atoms with Gasteiger partial charge < -0.3 is 10.1 Å². The number of hydrogen-bond acceptors (Lipinski definition) is 4. The molecular weight excluding hydrogens is 154 g/mol. The quantitative estimate of drug-likeness (QED) is 0.729. The average Bonchev–Trinajstić information content (AvgIpc) is 2.21. The topological polar surface area (TPSA) is 47.0 Å². The van der Waals surface area contributed by atoms with Gasteiger partial charge in [0.05, 0.1) is 7.11 Å². The molecule has 0 fully saturated rings. The van der Waals surface area contributed by atoms with Gasteiger partial charge in [-0.1, -0.05) is 13.8 Å². The second-order valence-corrected chi connectivity index (χ2v) is 1.71. The summed E-state index contributed by atoms with van der Waals surface area (Å²) >= 11 is 0. The predicted octanol–water partition coefficient (Wildman–Crippen LogP) is 1.55. The molecule has 1 aromatic rings. The third-order valence-corrected chi connectivity index (χ3v) is 1.11. The van der Waals surface area contributed by atoms with Crippen LogP contribution in [0.1, 0.15) is 13.8 Å². The Labute approximate surface area is 73.0 Å². The summed E-state index contributed by atoms with van der Waals surface area (Å²) in [6.07, 6.45) is 0. The van der Waals surface area contributed by atoms with Crippen LogP contribution in [0.3, 0.4) is 0 Å². The summed E-state index contributed by atoms with van der Waals surface area (Å²) < 4.78 is 4.81. The van der Waals surface area contributed by atoms with Gasteiger partial charge in [-0.2, -0.15) is 0 Å². The molecular formula is C8H15N3O. The Kier molecular flexibility index (Phi) is 5.69. The fourth-order valence-electron chi connectivity index (χ4n) is 0.562. The van der Waals surface area contributed by atoms with Crippen molar-refractivity contribution in [1.82, 2.24) is 10.2 Å². The highest BCUT2D eigenvalue weighted by atomic mass is 16.5. The largest absolute Gasteiger partial charge is 0.480 e. The predicted molar refractivity (Wildman–Crippen MR) is 49.5 cm³/mol. The fourth-order valence-corrected chi connectivity index (χ4v) is 0.562. The van der Waals surface area contributed by atoms with E-state index in [0.717, 1.165) is 5.82 Å². The van der Waals surface area contributed by atoms with E-state index < -0.39 is 0 Å². The molecule has 1 rings (SSSR count). The van der Waals surface area contributed by atoms with Gasteiger partial charge in [0.25, 0.3) is 0 Å². The maximum atomic E-state index is 4.81. The number of nitrogens with zero attached hydrogens (tertiary/aromatic N) is 2. The van der Waals surface area contributed by atoms with Gasteiger partial charge in [0.1, 0.15) is 5.82 Å². The van der Waals surface area contributed by atoms with Crippen LogP contribution in [0.25, 0.3) is 0 Å². The van der Waals surface area contributed by atoms with E-state index >= 15 is 0 Å². The van der Waals surface area contributed by atoms with E-state index in [1.54, 1.807) is 26.3 Å². The summed E-state index contributed by atoms with van der Waals surface area (Å²) in [4.78, 5) is 0. The summed E-state index contributed by atoms with van der Waals surface area (Å²) in [7, 11) is 3.35. The standard InChI is InChI=1S/C6H9N3O.C2H6/c1-7-5-3-4-6(10-2)9-8-5;1-2/h3-4H,1-2H3,(H,7,8);1-2H3. The molecule has 0 unspecified atom stereocenters. The van der Waals surface area contributed by atoms with Gasteiger partial charge in [0.2, 0.25) is 5.88 Å². The van der Waals surface area contributed by atoms with Gasteiger partial charge in [-0.15, -0.1) is 10.2 Å². The molecule has 0 aliphatic rings. The Morgan fingerprint density at radius 2 is 1.92 bits per heavy atom. The fraction of sp³-hybridized carbons (Fsp3) is 0.500. The molecule has 0 aromatic carbocycles. The van der Waals surface area contributed by atoms with E-state index in [9.17, 15) is 0 Å². The van der Waals surface area contributed by atoms with Crippen LogP contribution >= 0.6 is 0 Å². The lowest BCUT2D eigenvalue weighted by Gasteiger charge is -1.98. The van der Waals surface area contributed by atoms with E-state index in [0.29, 0.717) is 5.88 Å². The van der Waals surface area contributed by atoms with Gasteiger partial charge >= 0.3 is 0 Å². The first-order valence-electron chi connectivity index (χ1n) is 3.92. The Bertz CT molecular complexity index is 175. The third kappa shape index (κ3) is 3.18. The van der Waals surface area contributed by atoms with Crippen molar-refractivity contribution in [1.29, 1.82) is 0 Å². The van der Waals surface area contributed by atoms with E-state index in [1.165, 1.54) is 0 Å². The van der Waals surface area contributed by atoms with Crippen molar-refractivity contribution in [2.24, 2.45) is 0 Å². The zero-order valence-electron chi connectivity index (χ0n) is 7.96. The van der Waals surface area contributed by atoms with Crippen molar-refractivity contribution in [3.8, 4) is 5.88 Å². The molecule has 0 spiro atoms. The highest BCUT2D eigenvalue weighted by molar-refractivity contribution is 5.32. The van der Waals surface area contributed by atoms with Crippen molar-refractivity contribution in [2.45, 2.75) is 13.8 Å². The molecule has 0 bridgehead atoms. The molecule has 1 aromatic heterocycles. The van der Waals surface area contributed by atoms with Crippen molar-refractivity contribution in [3.63, 3.8) is 0 Å². The molecule has 0 aliphatic carbocycles. The number of nitrogens with one attached hydrogen (secondary N) is 1. The second-order valence-electron chi connectivity index (χ2n) is 1.71. The van der Waals surface area contributed by atoms with Gasteiger partial charge in [-0.3, -0.25) is 0 Å². The van der Waals surface area contributed by atoms with Crippen LogP contribution in [0.4, 0.5) is 5.82 Å². The minimum absolute atomic E-state index is 0.527. The van der Waals surface area contributed by atoms with Gasteiger partial charge in [0.15, 0.2) is 0 Å². The molecule has 0 amide bonds. The van der Waals surface area contributed by atoms with Crippen LogP contribution in [0.2, 0.25) is 0 Å². The Morgan fingerprint density at radius 1 is 1.25 bits per heavy atom. The van der Waals surface area contributed by atoms with E-state index in [1.807, 2.05) is 13.8 Å². The lowest BCUT2D eigenvalue weighted by atomic mass is 10.5. The van der Waals surface area contributed by atoms with Crippen LogP contribution < -0.4 is 10.1 Å². The van der Waals surface area contributed by atoms with Gasteiger partial charge in [-0.05, 0) is 6.07 Å². The summed E-state index contributed by atoms with van der Waals surface area (Å²) in [5, 5.41) is 10.4. The highest BCUT2D eigenvalue weighted by Crippen LogP contribution is 2.05. The number of anilines is 1. The normalized spacial score (nSPS) is 8.00. The molecule has 4 heteroatoms. The molecule has 68 valence electrons. The molecule has 0 saturated carbocycles. The minimum atomic E-state index is 0.527. The first kappa shape index (κ1) is 10.7. The second kappa shape index (κ2) is 6.39. The Balaban J connectivity index is 0.000000561. The summed E-state index contributed by atoms with van der Waals surface area (Å²) in [6, 6.07) is 3.55. The maximum absolute atomic E-state index is 4.81. The van der Waals surface area contributed by atoms with Crippen molar-refractivity contribution in [2.75, 3.05) is 19.5 Å². The van der Waals surface area contributed by atoms with Gasteiger partial charge in [-0.25, -0.2) is 0 Å². The van der Waals surface area contributed by atoms with Crippen molar-refractivity contribution < 1.29 is 4.74 Å². The first-order chi connectivity index (χ1) is 5.86. The molecule has 0 radical (unpaired) electrons. The summed E-state index contributed by atoms with van der Waals surface area (Å²) in [6.45, 7) is 4.00. The monoisotopic (exact) mass is 169 g/mol. The zero-order chi connectivity index (χ0) is 9.40.